The van der Waals surface area contributed by atoms with Crippen LogP contribution in [0.5, 0.6) is 0 Å². The van der Waals surface area contributed by atoms with Crippen LogP contribution in [0.15, 0.2) is 0 Å². The Labute approximate surface area is 111 Å². The molecule has 0 aromatic heterocycles. The largest absolute Gasteiger partial charge is 0.389 e. The second kappa shape index (κ2) is 3.75. The molecule has 3 unspecified atom stereocenters. The van der Waals surface area contributed by atoms with Crippen molar-refractivity contribution in [2.75, 3.05) is 0 Å². The normalized spacial score (nSPS) is 56.0. The van der Waals surface area contributed by atoms with Crippen molar-refractivity contribution in [2.45, 2.75) is 76.7 Å². The predicted octanol–water partition coefficient (Wildman–Crippen LogP) is 4.14. The van der Waals surface area contributed by atoms with E-state index in [-0.39, 0.29) is 5.60 Å². The second-order valence-electron chi connectivity index (χ2n) is 8.18. The average Bonchev–Trinajstić information content (AvgIpc) is 2.36. The molecule has 5 aliphatic rings. The van der Waals surface area contributed by atoms with E-state index in [2.05, 4.69) is 6.92 Å². The van der Waals surface area contributed by atoms with E-state index in [4.69, 9.17) is 0 Å². The summed E-state index contributed by atoms with van der Waals surface area (Å²) in [5.74, 6) is 3.40. The monoisotopic (exact) mass is 248 g/mol. The van der Waals surface area contributed by atoms with E-state index in [0.29, 0.717) is 11.3 Å². The summed E-state index contributed by atoms with van der Waals surface area (Å²) in [5, 5.41) is 11.3. The summed E-state index contributed by atoms with van der Waals surface area (Å²) in [6.45, 7) is 2.21. The van der Waals surface area contributed by atoms with Crippen LogP contribution < -0.4 is 0 Å². The molecule has 0 heterocycles. The van der Waals surface area contributed by atoms with Crippen molar-refractivity contribution in [2.24, 2.45) is 29.1 Å². The van der Waals surface area contributed by atoms with Gasteiger partial charge in [-0.25, -0.2) is 0 Å². The number of rotatable bonds is 1. The zero-order chi connectivity index (χ0) is 12.4. The van der Waals surface area contributed by atoms with Crippen LogP contribution in [0.3, 0.4) is 0 Å². The van der Waals surface area contributed by atoms with Crippen LogP contribution in [0.2, 0.25) is 0 Å². The summed E-state index contributed by atoms with van der Waals surface area (Å²) < 4.78 is 0. The Hall–Kier alpha value is -0.0400. The second-order valence-corrected chi connectivity index (χ2v) is 8.18. The van der Waals surface area contributed by atoms with Gasteiger partial charge in [0.2, 0.25) is 0 Å². The first kappa shape index (κ1) is 11.8. The molecule has 0 aromatic rings. The first-order valence-electron chi connectivity index (χ1n) is 8.34. The van der Waals surface area contributed by atoms with Crippen LogP contribution in [0.1, 0.15) is 71.1 Å². The first-order valence-corrected chi connectivity index (χ1v) is 8.34. The smallest absolute Gasteiger partial charge is 0.0706 e. The maximum atomic E-state index is 11.3. The molecule has 102 valence electrons. The van der Waals surface area contributed by atoms with E-state index >= 15 is 0 Å². The van der Waals surface area contributed by atoms with Gasteiger partial charge in [-0.15, -0.1) is 0 Å². The zero-order valence-electron chi connectivity index (χ0n) is 11.8. The quantitative estimate of drug-likeness (QED) is 0.739. The molecule has 0 spiro atoms. The molecule has 0 saturated heterocycles. The molecule has 0 aliphatic heterocycles. The van der Waals surface area contributed by atoms with Gasteiger partial charge in [0.15, 0.2) is 0 Å². The first-order chi connectivity index (χ1) is 8.62. The molecular formula is C17H28O. The Morgan fingerprint density at radius 1 is 0.833 bits per heavy atom. The standard InChI is InChI=1S/C17H28O/c1-16(18)15-8-12-7-13(9-15)11-17(16,10-12)14-5-3-2-4-6-14/h12-15,18H,2-11H2,1H3. The maximum absolute atomic E-state index is 11.3. The van der Waals surface area contributed by atoms with Gasteiger partial charge in [-0.3, -0.25) is 0 Å². The van der Waals surface area contributed by atoms with Gasteiger partial charge in [-0.1, -0.05) is 19.3 Å². The highest BCUT2D eigenvalue weighted by atomic mass is 16.3. The molecule has 1 heteroatoms. The van der Waals surface area contributed by atoms with Gasteiger partial charge >= 0.3 is 0 Å². The lowest BCUT2D eigenvalue weighted by atomic mass is 9.39. The third kappa shape index (κ3) is 1.38. The zero-order valence-corrected chi connectivity index (χ0v) is 11.8. The maximum Gasteiger partial charge on any atom is 0.0706 e. The van der Waals surface area contributed by atoms with E-state index in [1.165, 1.54) is 64.2 Å². The average molecular weight is 248 g/mol. The van der Waals surface area contributed by atoms with Crippen molar-refractivity contribution in [1.29, 1.82) is 0 Å². The predicted molar refractivity (Wildman–Crippen MR) is 73.2 cm³/mol. The highest BCUT2D eigenvalue weighted by molar-refractivity contribution is 5.14. The van der Waals surface area contributed by atoms with Crippen LogP contribution in [0.4, 0.5) is 0 Å². The van der Waals surface area contributed by atoms with Crippen molar-refractivity contribution >= 4 is 0 Å². The van der Waals surface area contributed by atoms with Crippen LogP contribution in [0, 0.1) is 29.1 Å². The van der Waals surface area contributed by atoms with Gasteiger partial charge in [0.1, 0.15) is 0 Å². The van der Waals surface area contributed by atoms with Crippen LogP contribution in [-0.2, 0) is 0 Å². The van der Waals surface area contributed by atoms with Gasteiger partial charge in [0.05, 0.1) is 5.60 Å². The van der Waals surface area contributed by atoms with Crippen LogP contribution in [0.25, 0.3) is 0 Å². The molecule has 5 aliphatic carbocycles. The molecule has 5 saturated carbocycles. The minimum absolute atomic E-state index is 0.322. The van der Waals surface area contributed by atoms with Gasteiger partial charge in [-0.05, 0) is 75.5 Å². The summed E-state index contributed by atoms with van der Waals surface area (Å²) in [5.41, 5.74) is -0.0232. The highest BCUT2D eigenvalue weighted by Gasteiger charge is 2.64. The van der Waals surface area contributed by atoms with Crippen LogP contribution >= 0.6 is 0 Å². The number of hydrogen-bond donors (Lipinski definition) is 1. The SMILES string of the molecule is CC1(O)C2CC3CC(C2)CC1(C1CCCCC1)C3. The van der Waals surface area contributed by atoms with E-state index in [0.717, 1.165) is 17.8 Å². The van der Waals surface area contributed by atoms with Gasteiger partial charge in [0, 0.05) is 5.41 Å². The summed E-state index contributed by atoms with van der Waals surface area (Å²) in [6, 6.07) is 0. The van der Waals surface area contributed by atoms with E-state index in [1.54, 1.807) is 0 Å². The summed E-state index contributed by atoms with van der Waals surface area (Å²) >= 11 is 0. The topological polar surface area (TPSA) is 20.2 Å². The molecule has 5 rings (SSSR count). The lowest BCUT2D eigenvalue weighted by Crippen LogP contribution is -2.65. The fourth-order valence-electron chi connectivity index (χ4n) is 6.69. The molecule has 1 nitrogen and oxygen atoms in total. The van der Waals surface area contributed by atoms with Gasteiger partial charge in [-0.2, -0.15) is 0 Å². The third-order valence-corrected chi connectivity index (χ3v) is 7.40. The van der Waals surface area contributed by atoms with Crippen molar-refractivity contribution in [3.63, 3.8) is 0 Å². The Balaban J connectivity index is 1.72. The Kier molecular flexibility index (Phi) is 2.45. The lowest BCUT2D eigenvalue weighted by Gasteiger charge is -2.67. The Morgan fingerprint density at radius 2 is 1.44 bits per heavy atom. The van der Waals surface area contributed by atoms with Crippen molar-refractivity contribution in [3.8, 4) is 0 Å². The summed E-state index contributed by atoms with van der Waals surface area (Å²) in [4.78, 5) is 0. The molecule has 18 heavy (non-hydrogen) atoms. The fraction of sp³-hybridized carbons (Fsp3) is 1.00. The minimum Gasteiger partial charge on any atom is -0.389 e. The van der Waals surface area contributed by atoms with Gasteiger partial charge < -0.3 is 5.11 Å². The molecule has 5 fully saturated rings. The minimum atomic E-state index is -0.345. The van der Waals surface area contributed by atoms with E-state index in [9.17, 15) is 5.11 Å². The highest BCUT2D eigenvalue weighted by Crippen LogP contribution is 2.68. The molecule has 0 radical (unpaired) electrons. The van der Waals surface area contributed by atoms with Crippen molar-refractivity contribution in [3.05, 3.63) is 0 Å². The number of aliphatic hydroxyl groups is 1. The third-order valence-electron chi connectivity index (χ3n) is 7.40. The molecule has 1 N–H and O–H groups in total. The van der Waals surface area contributed by atoms with E-state index in [1.807, 2.05) is 0 Å². The lowest BCUT2D eigenvalue weighted by molar-refractivity contribution is -0.244. The van der Waals surface area contributed by atoms with Crippen molar-refractivity contribution in [1.82, 2.24) is 0 Å². The van der Waals surface area contributed by atoms with Crippen LogP contribution in [-0.4, -0.2) is 10.7 Å². The molecule has 4 bridgehead atoms. The summed E-state index contributed by atoms with van der Waals surface area (Å²) in [7, 11) is 0. The van der Waals surface area contributed by atoms with Crippen molar-refractivity contribution < 1.29 is 5.11 Å². The molecule has 0 aromatic carbocycles. The molecule has 3 atom stereocenters. The molecular weight excluding hydrogens is 220 g/mol. The summed E-state index contributed by atoms with van der Waals surface area (Å²) in [6.07, 6.45) is 14.0. The van der Waals surface area contributed by atoms with Gasteiger partial charge in [0.25, 0.3) is 0 Å². The molecule has 0 amide bonds. The van der Waals surface area contributed by atoms with E-state index < -0.39 is 0 Å². The number of hydrogen-bond acceptors (Lipinski definition) is 1. The fourth-order valence-corrected chi connectivity index (χ4v) is 6.69. The Morgan fingerprint density at radius 3 is 2.06 bits per heavy atom. The Bertz CT molecular complexity index is 326.